The highest BCUT2D eigenvalue weighted by atomic mass is 16.6. The Morgan fingerprint density at radius 2 is 2.00 bits per heavy atom. The molecule has 1 saturated heterocycles. The normalized spacial score (nSPS) is 16.2. The summed E-state index contributed by atoms with van der Waals surface area (Å²) in [5.74, 6) is 0.0926. The van der Waals surface area contributed by atoms with Crippen molar-refractivity contribution >= 4 is 17.4 Å². The molecule has 0 radical (unpaired) electrons. The Balaban J connectivity index is 2.18. The summed E-state index contributed by atoms with van der Waals surface area (Å²) in [4.78, 5) is 36.6. The summed E-state index contributed by atoms with van der Waals surface area (Å²) in [5, 5.41) is 21.2. The van der Waals surface area contributed by atoms with Gasteiger partial charge in [-0.25, -0.2) is 0 Å². The zero-order valence-electron chi connectivity index (χ0n) is 17.6. The van der Waals surface area contributed by atoms with E-state index in [4.69, 9.17) is 9.47 Å². The average molecular weight is 422 g/mol. The number of carbonyl (C=O) groups excluding carboxylic acids is 2. The zero-order valence-corrected chi connectivity index (χ0v) is 17.6. The number of nitro groups is 1. The van der Waals surface area contributed by atoms with Gasteiger partial charge in [0.1, 0.15) is 11.3 Å². The average Bonchev–Trinajstić information content (AvgIpc) is 2.74. The number of hydrogen-bond acceptors (Lipinski definition) is 7. The molecular weight excluding hydrogens is 392 g/mol. The molecule has 1 aliphatic heterocycles. The number of unbranched alkanes of at least 4 members (excludes halogenated alkanes) is 2. The van der Waals surface area contributed by atoms with Crippen LogP contribution in [0.3, 0.4) is 0 Å². The van der Waals surface area contributed by atoms with Crippen molar-refractivity contribution in [3.05, 3.63) is 27.8 Å². The van der Waals surface area contributed by atoms with E-state index in [1.807, 2.05) is 0 Å². The van der Waals surface area contributed by atoms with Crippen LogP contribution in [0.2, 0.25) is 0 Å². The van der Waals surface area contributed by atoms with E-state index in [2.05, 4.69) is 0 Å². The van der Waals surface area contributed by atoms with Crippen LogP contribution in [0.15, 0.2) is 12.1 Å². The molecule has 0 aliphatic carbocycles. The number of nitrogens with zero attached hydrogens (tertiary/aromatic N) is 2. The molecule has 1 N–H and O–H groups in total. The fourth-order valence-corrected chi connectivity index (χ4v) is 3.59. The maximum absolute atomic E-state index is 13.0. The second kappa shape index (κ2) is 11.5. The Labute approximate surface area is 176 Å². The number of nitro benzene ring substituents is 1. The van der Waals surface area contributed by atoms with E-state index < -0.39 is 10.8 Å². The van der Waals surface area contributed by atoms with Crippen LogP contribution >= 0.6 is 0 Å². The van der Waals surface area contributed by atoms with Crippen LogP contribution in [0.5, 0.6) is 11.5 Å². The predicted molar refractivity (Wildman–Crippen MR) is 110 cm³/mol. The molecule has 2 rings (SSSR count). The molecule has 1 atom stereocenters. The summed E-state index contributed by atoms with van der Waals surface area (Å²) >= 11 is 0. The van der Waals surface area contributed by atoms with Gasteiger partial charge in [-0.2, -0.15) is 0 Å². The molecule has 0 unspecified atom stereocenters. The topological polar surface area (TPSA) is 119 Å². The van der Waals surface area contributed by atoms with Crippen LogP contribution in [-0.2, 0) is 4.79 Å². The molecule has 1 heterocycles. The van der Waals surface area contributed by atoms with Gasteiger partial charge in [0.05, 0.1) is 37.4 Å². The Morgan fingerprint density at radius 3 is 2.63 bits per heavy atom. The van der Waals surface area contributed by atoms with E-state index >= 15 is 0 Å². The lowest BCUT2D eigenvalue weighted by atomic mass is 10.0. The molecule has 0 bridgehead atoms. The number of ketones is 1. The first-order chi connectivity index (χ1) is 14.4. The second-order valence-corrected chi connectivity index (χ2v) is 7.47. The van der Waals surface area contributed by atoms with Gasteiger partial charge in [0.25, 0.3) is 11.6 Å². The highest BCUT2D eigenvalue weighted by Gasteiger charge is 2.32. The third kappa shape index (κ3) is 6.16. The van der Waals surface area contributed by atoms with E-state index in [-0.39, 0.29) is 41.2 Å². The van der Waals surface area contributed by atoms with E-state index in [1.54, 1.807) is 6.92 Å². The monoisotopic (exact) mass is 422 g/mol. The van der Waals surface area contributed by atoms with Crippen molar-refractivity contribution in [2.45, 2.75) is 57.9 Å². The number of benzene rings is 1. The van der Waals surface area contributed by atoms with E-state index in [0.717, 1.165) is 25.7 Å². The highest BCUT2D eigenvalue weighted by Crippen LogP contribution is 2.36. The van der Waals surface area contributed by atoms with Gasteiger partial charge >= 0.3 is 0 Å². The molecule has 1 aromatic carbocycles. The third-order valence-corrected chi connectivity index (χ3v) is 5.24. The number of piperidine rings is 1. The Morgan fingerprint density at radius 1 is 1.23 bits per heavy atom. The molecule has 9 heteroatoms. The molecule has 9 nitrogen and oxygen atoms in total. The van der Waals surface area contributed by atoms with Crippen molar-refractivity contribution in [1.29, 1.82) is 0 Å². The number of methoxy groups -OCH3 is 1. The summed E-state index contributed by atoms with van der Waals surface area (Å²) in [7, 11) is 1.41. The highest BCUT2D eigenvalue weighted by molar-refractivity contribution is 5.99. The van der Waals surface area contributed by atoms with Gasteiger partial charge in [-0.15, -0.1) is 0 Å². The zero-order chi connectivity index (χ0) is 22.1. The number of Topliss-reactive ketones (excluding diaryl/α,β-unsaturated/α-hetero) is 1. The molecule has 166 valence electrons. The number of amides is 1. The van der Waals surface area contributed by atoms with Crippen LogP contribution in [0.25, 0.3) is 0 Å². The van der Waals surface area contributed by atoms with Gasteiger partial charge in [-0.1, -0.05) is 0 Å². The largest absolute Gasteiger partial charge is 0.493 e. The molecule has 1 amide bonds. The SMILES string of the molecule is COc1cc(C(=O)N2CCCC[C@H]2CO)c([N+](=O)[O-])cc1OCCCCCC(C)=O. The maximum Gasteiger partial charge on any atom is 0.286 e. The molecule has 1 fully saturated rings. The first kappa shape index (κ1) is 23.6. The van der Waals surface area contributed by atoms with Crippen LogP contribution in [0.1, 0.15) is 62.2 Å². The smallest absolute Gasteiger partial charge is 0.286 e. The fourth-order valence-electron chi connectivity index (χ4n) is 3.59. The van der Waals surface area contributed by atoms with Crippen LogP contribution in [0.4, 0.5) is 5.69 Å². The van der Waals surface area contributed by atoms with Crippen molar-refractivity contribution in [3.63, 3.8) is 0 Å². The fraction of sp³-hybridized carbons (Fsp3) is 0.619. The number of rotatable bonds is 11. The van der Waals surface area contributed by atoms with Gasteiger partial charge in [0.2, 0.25) is 0 Å². The quantitative estimate of drug-likeness (QED) is 0.330. The summed E-state index contributed by atoms with van der Waals surface area (Å²) in [6, 6.07) is 2.22. The molecule has 0 aromatic heterocycles. The molecule has 0 saturated carbocycles. The van der Waals surface area contributed by atoms with Crippen molar-refractivity contribution in [2.75, 3.05) is 26.9 Å². The lowest BCUT2D eigenvalue weighted by molar-refractivity contribution is -0.385. The van der Waals surface area contributed by atoms with Gasteiger partial charge in [-0.3, -0.25) is 14.9 Å². The number of carbonyl (C=O) groups is 2. The van der Waals surface area contributed by atoms with Gasteiger partial charge in [0.15, 0.2) is 11.5 Å². The number of ether oxygens (including phenoxy) is 2. The lowest BCUT2D eigenvalue weighted by Crippen LogP contribution is -2.45. The van der Waals surface area contributed by atoms with Gasteiger partial charge in [0, 0.05) is 19.0 Å². The molecule has 1 aromatic rings. The van der Waals surface area contributed by atoms with Crippen LogP contribution in [-0.4, -0.2) is 59.5 Å². The van der Waals surface area contributed by atoms with Crippen molar-refractivity contribution in [2.24, 2.45) is 0 Å². The molecular formula is C21H30N2O7. The van der Waals surface area contributed by atoms with Crippen molar-refractivity contribution < 1.29 is 29.1 Å². The standard InChI is InChI=1S/C21H30N2O7/c1-15(25)8-4-3-7-11-30-20-13-18(23(27)28)17(12-19(20)29-2)21(26)22-10-6-5-9-16(22)14-24/h12-13,16,24H,3-11,14H2,1-2H3/t16-/m0/s1. The minimum absolute atomic E-state index is 0.0778. The maximum atomic E-state index is 13.0. The molecule has 30 heavy (non-hydrogen) atoms. The Hall–Kier alpha value is -2.68. The Kier molecular flexibility index (Phi) is 9.04. The summed E-state index contributed by atoms with van der Waals surface area (Å²) in [6.45, 7) is 2.14. The van der Waals surface area contributed by atoms with Crippen molar-refractivity contribution in [1.82, 2.24) is 4.90 Å². The number of aliphatic hydroxyl groups excluding tert-OH is 1. The minimum atomic E-state index is -0.607. The minimum Gasteiger partial charge on any atom is -0.493 e. The lowest BCUT2D eigenvalue weighted by Gasteiger charge is -2.34. The molecule has 0 spiro atoms. The van der Waals surface area contributed by atoms with Gasteiger partial charge in [-0.05, 0) is 45.4 Å². The predicted octanol–water partition coefficient (Wildman–Crippen LogP) is 3.12. The molecule has 1 aliphatic rings. The summed E-state index contributed by atoms with van der Waals surface area (Å²) in [5.41, 5.74) is -0.430. The first-order valence-electron chi connectivity index (χ1n) is 10.3. The van der Waals surface area contributed by atoms with E-state index in [0.29, 0.717) is 32.4 Å². The second-order valence-electron chi connectivity index (χ2n) is 7.47. The van der Waals surface area contributed by atoms with Crippen LogP contribution < -0.4 is 9.47 Å². The third-order valence-electron chi connectivity index (χ3n) is 5.24. The van der Waals surface area contributed by atoms with E-state index in [9.17, 15) is 24.8 Å². The first-order valence-corrected chi connectivity index (χ1v) is 10.3. The van der Waals surface area contributed by atoms with Crippen molar-refractivity contribution in [3.8, 4) is 11.5 Å². The summed E-state index contributed by atoms with van der Waals surface area (Å²) < 4.78 is 11.0. The van der Waals surface area contributed by atoms with Gasteiger partial charge < -0.3 is 24.3 Å². The summed E-state index contributed by atoms with van der Waals surface area (Å²) in [6.07, 6.45) is 5.15. The number of aliphatic hydroxyl groups is 1. The van der Waals surface area contributed by atoms with Crippen LogP contribution in [0, 0.1) is 10.1 Å². The number of hydrogen-bond donors (Lipinski definition) is 1. The van der Waals surface area contributed by atoms with E-state index in [1.165, 1.54) is 24.1 Å². The Bertz CT molecular complexity index is 766. The number of likely N-dealkylation sites (tertiary alicyclic amines) is 1.